The molecule has 0 saturated carbocycles. The van der Waals surface area contributed by atoms with Crippen LogP contribution < -0.4 is 10.9 Å². The van der Waals surface area contributed by atoms with Gasteiger partial charge in [-0.05, 0) is 18.2 Å². The lowest BCUT2D eigenvalue weighted by Crippen LogP contribution is -2.39. The predicted octanol–water partition coefficient (Wildman–Crippen LogP) is 0.570. The summed E-state index contributed by atoms with van der Waals surface area (Å²) in [5, 5.41) is 22.6. The van der Waals surface area contributed by atoms with Crippen molar-refractivity contribution in [3.05, 3.63) is 68.6 Å². The van der Waals surface area contributed by atoms with Crippen molar-refractivity contribution in [3.63, 3.8) is 0 Å². The number of fused-ring (bicyclic) bond motifs is 1. The van der Waals surface area contributed by atoms with Crippen LogP contribution in [0.3, 0.4) is 0 Å². The van der Waals surface area contributed by atoms with E-state index in [1.165, 1.54) is 18.2 Å². The highest BCUT2D eigenvalue weighted by Crippen LogP contribution is 2.21. The van der Waals surface area contributed by atoms with Gasteiger partial charge in [0.15, 0.2) is 0 Å². The molecule has 0 spiro atoms. The highest BCUT2D eigenvalue weighted by atomic mass is 16.6. The first-order valence-corrected chi connectivity index (χ1v) is 9.07. The zero-order chi connectivity index (χ0) is 24.3. The number of hydrogen-bond donors (Lipinski definition) is 3. The van der Waals surface area contributed by atoms with Crippen LogP contribution in [0, 0.1) is 10.1 Å². The van der Waals surface area contributed by atoms with Crippen LogP contribution in [0.25, 0.3) is 11.0 Å². The van der Waals surface area contributed by atoms with Crippen LogP contribution in [0.5, 0.6) is 5.75 Å². The zero-order valence-corrected chi connectivity index (χ0v) is 16.7. The van der Waals surface area contributed by atoms with E-state index in [-0.39, 0.29) is 28.2 Å². The highest BCUT2D eigenvalue weighted by Gasteiger charge is 2.40. The molecule has 0 aliphatic carbocycles. The number of hydrogen-bond acceptors (Lipinski definition) is 10. The number of ether oxygens (including phenoxy) is 1. The lowest BCUT2D eigenvalue weighted by atomic mass is 9.94. The number of amides is 1. The molecule has 0 unspecified atom stereocenters. The lowest BCUT2D eigenvalue weighted by Gasteiger charge is -2.13. The van der Waals surface area contributed by atoms with E-state index in [1.807, 2.05) is 0 Å². The molecule has 1 atom stereocenters. The van der Waals surface area contributed by atoms with E-state index in [4.69, 9.17) is 0 Å². The van der Waals surface area contributed by atoms with Crippen LogP contribution in [0.2, 0.25) is 0 Å². The highest BCUT2D eigenvalue weighted by molar-refractivity contribution is 6.52. The van der Waals surface area contributed by atoms with Crippen LogP contribution in [-0.2, 0) is 23.9 Å². The van der Waals surface area contributed by atoms with Gasteiger partial charge in [0.2, 0.25) is 5.78 Å². The van der Waals surface area contributed by atoms with Gasteiger partial charge in [0.1, 0.15) is 17.4 Å². The van der Waals surface area contributed by atoms with Crippen molar-refractivity contribution in [2.45, 2.75) is 5.92 Å². The maximum absolute atomic E-state index is 12.8. The number of aromatic hydroxyl groups is 1. The maximum Gasteiger partial charge on any atom is 0.375 e. The first-order valence-electron chi connectivity index (χ1n) is 9.07. The first-order chi connectivity index (χ1) is 15.6. The Balaban J connectivity index is 2.07. The zero-order valence-electron chi connectivity index (χ0n) is 16.7. The number of carbonyl (C=O) groups excluding carboxylic acids is 4. The molecule has 168 valence electrons. The van der Waals surface area contributed by atoms with Gasteiger partial charge in [0.25, 0.3) is 22.9 Å². The van der Waals surface area contributed by atoms with Gasteiger partial charge < -0.3 is 20.1 Å². The van der Waals surface area contributed by atoms with E-state index >= 15 is 0 Å². The number of nitrogens with one attached hydrogen (secondary N) is 2. The summed E-state index contributed by atoms with van der Waals surface area (Å²) in [5.74, 6) is -8.35. The second-order valence-corrected chi connectivity index (χ2v) is 6.57. The Kier molecular flexibility index (Phi) is 6.24. The smallest absolute Gasteiger partial charge is 0.375 e. The molecule has 0 saturated heterocycles. The summed E-state index contributed by atoms with van der Waals surface area (Å²) in [6.07, 6.45) is 0. The van der Waals surface area contributed by atoms with Crippen LogP contribution in [0.15, 0.2) is 47.3 Å². The molecule has 0 aliphatic heterocycles. The molecule has 0 radical (unpaired) electrons. The van der Waals surface area contributed by atoms with E-state index in [0.29, 0.717) is 0 Å². The van der Waals surface area contributed by atoms with Gasteiger partial charge in [0.05, 0.1) is 23.1 Å². The number of phenols is 1. The monoisotopic (exact) mass is 454 g/mol. The Hall–Kier alpha value is -4.94. The Labute approximate surface area is 183 Å². The van der Waals surface area contributed by atoms with Gasteiger partial charge in [-0.25, -0.2) is 9.78 Å². The topological polar surface area (TPSA) is 199 Å². The third-order valence-electron chi connectivity index (χ3n) is 4.42. The number of non-ortho nitro benzene ring substituents is 1. The SMILES string of the molecule is COC(=O)C(=O)[C@@H](C(=O)C(=O)Nc1cccc(O)c1)c1nc2ccc([N+](=O)[O-])cc2[nH]c1=O. The van der Waals surface area contributed by atoms with Gasteiger partial charge in [-0.2, -0.15) is 0 Å². The minimum Gasteiger partial charge on any atom is -0.508 e. The molecule has 33 heavy (non-hydrogen) atoms. The summed E-state index contributed by atoms with van der Waals surface area (Å²) in [6.45, 7) is 0. The van der Waals surface area contributed by atoms with E-state index in [1.54, 1.807) is 0 Å². The Bertz CT molecular complexity index is 1380. The number of Topliss-reactive ketones (excluding diaryl/α,β-unsaturated/α-hetero) is 2. The van der Waals surface area contributed by atoms with Crippen molar-refractivity contribution in [3.8, 4) is 5.75 Å². The van der Waals surface area contributed by atoms with Gasteiger partial charge in [-0.3, -0.25) is 29.3 Å². The summed E-state index contributed by atoms with van der Waals surface area (Å²) < 4.78 is 4.33. The predicted molar refractivity (Wildman–Crippen MR) is 111 cm³/mol. The average Bonchev–Trinajstić information content (AvgIpc) is 2.78. The molecule has 13 heteroatoms. The van der Waals surface area contributed by atoms with Crippen LogP contribution in [0.4, 0.5) is 11.4 Å². The molecular formula is C20H14N4O9. The number of carbonyl (C=O) groups is 4. The fraction of sp³-hybridized carbons (Fsp3) is 0.100. The number of H-pyrrole nitrogens is 1. The van der Waals surface area contributed by atoms with Gasteiger partial charge >= 0.3 is 5.97 Å². The lowest BCUT2D eigenvalue weighted by molar-refractivity contribution is -0.384. The summed E-state index contributed by atoms with van der Waals surface area (Å²) in [7, 11) is 0.867. The number of nitro groups is 1. The second kappa shape index (κ2) is 9.05. The van der Waals surface area contributed by atoms with Gasteiger partial charge in [-0.1, -0.05) is 6.07 Å². The molecule has 13 nitrogen and oxygen atoms in total. The first kappa shape index (κ1) is 22.7. The summed E-state index contributed by atoms with van der Waals surface area (Å²) in [5.41, 5.74) is -2.36. The normalized spacial score (nSPS) is 11.4. The fourth-order valence-electron chi connectivity index (χ4n) is 2.89. The standard InChI is InChI=1S/C20H14N4O9/c1-33-20(30)17(27)14(16(26)19(29)21-9-3-2-4-11(25)7-9)15-18(28)23-13-8-10(24(31)32)5-6-12(13)22-15/h2-8,14,25H,1H3,(H,21,29)(H,23,28)/t14-/m1/s1. The third kappa shape index (κ3) is 4.71. The largest absolute Gasteiger partial charge is 0.508 e. The molecule has 1 heterocycles. The van der Waals surface area contributed by atoms with E-state index in [9.17, 15) is 39.2 Å². The van der Waals surface area contributed by atoms with Crippen molar-refractivity contribution in [2.75, 3.05) is 12.4 Å². The van der Waals surface area contributed by atoms with Crippen LogP contribution >= 0.6 is 0 Å². The number of aromatic amines is 1. The number of rotatable bonds is 7. The van der Waals surface area contributed by atoms with Crippen LogP contribution in [0.1, 0.15) is 11.6 Å². The average molecular weight is 454 g/mol. The summed E-state index contributed by atoms with van der Waals surface area (Å²) in [6, 6.07) is 8.40. The summed E-state index contributed by atoms with van der Waals surface area (Å²) in [4.78, 5) is 78.7. The van der Waals surface area contributed by atoms with E-state index in [2.05, 4.69) is 20.0 Å². The van der Waals surface area contributed by atoms with Crippen LogP contribution in [-0.4, -0.2) is 50.6 Å². The Morgan fingerprint density at radius 1 is 1.15 bits per heavy atom. The van der Waals surface area contributed by atoms with Crippen molar-refractivity contribution >= 4 is 45.9 Å². The van der Waals surface area contributed by atoms with Crippen molar-refractivity contribution in [1.29, 1.82) is 0 Å². The molecule has 2 aromatic carbocycles. The Morgan fingerprint density at radius 3 is 2.52 bits per heavy atom. The molecule has 1 aromatic heterocycles. The maximum atomic E-state index is 12.8. The molecular weight excluding hydrogens is 440 g/mol. The van der Waals surface area contributed by atoms with Gasteiger partial charge in [0, 0.05) is 23.9 Å². The number of anilines is 1. The second-order valence-electron chi connectivity index (χ2n) is 6.57. The quantitative estimate of drug-likeness (QED) is 0.149. The molecule has 0 fully saturated rings. The Morgan fingerprint density at radius 2 is 1.88 bits per heavy atom. The van der Waals surface area contributed by atoms with E-state index in [0.717, 1.165) is 31.4 Å². The molecule has 3 N–H and O–H groups in total. The number of nitrogens with zero attached hydrogens (tertiary/aromatic N) is 2. The number of ketones is 2. The number of methoxy groups -OCH3 is 1. The van der Waals surface area contributed by atoms with Crippen molar-refractivity contribution < 1.29 is 33.9 Å². The van der Waals surface area contributed by atoms with Crippen molar-refractivity contribution in [2.24, 2.45) is 0 Å². The summed E-state index contributed by atoms with van der Waals surface area (Å²) >= 11 is 0. The minimum absolute atomic E-state index is 0.00491. The third-order valence-corrected chi connectivity index (χ3v) is 4.42. The number of phenolic OH excluding ortho intramolecular Hbond substituents is 1. The molecule has 1 amide bonds. The fourth-order valence-corrected chi connectivity index (χ4v) is 2.89. The molecule has 0 bridgehead atoms. The molecule has 3 rings (SSSR count). The van der Waals surface area contributed by atoms with Gasteiger partial charge in [-0.15, -0.1) is 0 Å². The van der Waals surface area contributed by atoms with E-state index < -0.39 is 45.5 Å². The number of nitro benzene ring substituents is 1. The molecule has 0 aliphatic rings. The van der Waals surface area contributed by atoms with Crippen molar-refractivity contribution in [1.82, 2.24) is 9.97 Å². The number of aromatic nitrogens is 2. The minimum atomic E-state index is -2.25. The molecule has 3 aromatic rings. The number of benzene rings is 2. The number of esters is 1.